The molecule has 4 heteroatoms. The van der Waals surface area contributed by atoms with E-state index in [-0.39, 0.29) is 23.7 Å². The maximum absolute atomic E-state index is 13.1. The molecule has 2 fully saturated rings. The zero-order chi connectivity index (χ0) is 13.2. The minimum absolute atomic E-state index is 0.114. The van der Waals surface area contributed by atoms with Crippen LogP contribution in [0.25, 0.3) is 0 Å². The number of hydrogen-bond donors (Lipinski definition) is 2. The third-order valence-corrected chi connectivity index (χ3v) is 4.01. The average Bonchev–Trinajstić information content (AvgIpc) is 2.94. The molecule has 0 radical (unpaired) electrons. The molecule has 1 aromatic carbocycles. The van der Waals surface area contributed by atoms with Crippen LogP contribution in [0.1, 0.15) is 37.2 Å². The summed E-state index contributed by atoms with van der Waals surface area (Å²) in [5.41, 5.74) is 0.990. The molecule has 102 valence electrons. The summed E-state index contributed by atoms with van der Waals surface area (Å²) < 4.78 is 13.1. The molecular formula is C15H19FN2O. The van der Waals surface area contributed by atoms with Gasteiger partial charge in [-0.15, -0.1) is 0 Å². The van der Waals surface area contributed by atoms with Crippen molar-refractivity contribution in [2.75, 3.05) is 6.54 Å². The van der Waals surface area contributed by atoms with E-state index in [1.54, 1.807) is 12.1 Å². The SMILES string of the molecule is O=C(CC1CCCN1)NC1CC1c1cccc(F)c1. The van der Waals surface area contributed by atoms with Gasteiger partial charge in [-0.2, -0.15) is 0 Å². The number of benzene rings is 1. The van der Waals surface area contributed by atoms with Gasteiger partial charge >= 0.3 is 0 Å². The Morgan fingerprint density at radius 1 is 1.47 bits per heavy atom. The Morgan fingerprint density at radius 2 is 2.37 bits per heavy atom. The summed E-state index contributed by atoms with van der Waals surface area (Å²) >= 11 is 0. The smallest absolute Gasteiger partial charge is 0.221 e. The molecule has 19 heavy (non-hydrogen) atoms. The van der Waals surface area contributed by atoms with E-state index < -0.39 is 0 Å². The van der Waals surface area contributed by atoms with Gasteiger partial charge in [0.05, 0.1) is 0 Å². The highest BCUT2D eigenvalue weighted by molar-refractivity contribution is 5.77. The second-order valence-corrected chi connectivity index (χ2v) is 5.57. The maximum atomic E-state index is 13.1. The summed E-state index contributed by atoms with van der Waals surface area (Å²) in [6.07, 6.45) is 3.73. The van der Waals surface area contributed by atoms with Crippen LogP contribution in [0.2, 0.25) is 0 Å². The molecular weight excluding hydrogens is 243 g/mol. The fraction of sp³-hybridized carbons (Fsp3) is 0.533. The Labute approximate surface area is 112 Å². The summed E-state index contributed by atoms with van der Waals surface area (Å²) in [6, 6.07) is 7.20. The molecule has 3 unspecified atom stereocenters. The van der Waals surface area contributed by atoms with E-state index >= 15 is 0 Å². The van der Waals surface area contributed by atoms with Gasteiger partial charge in [-0.3, -0.25) is 4.79 Å². The fourth-order valence-corrected chi connectivity index (χ4v) is 2.88. The summed E-state index contributed by atoms with van der Waals surface area (Å²) in [7, 11) is 0. The van der Waals surface area contributed by atoms with Gasteiger partial charge in [0.15, 0.2) is 0 Å². The first-order valence-corrected chi connectivity index (χ1v) is 7.00. The van der Waals surface area contributed by atoms with Crippen molar-refractivity contribution in [1.82, 2.24) is 10.6 Å². The predicted octanol–water partition coefficient (Wildman–Crippen LogP) is 1.94. The molecule has 0 bridgehead atoms. The average molecular weight is 262 g/mol. The first kappa shape index (κ1) is 12.6. The predicted molar refractivity (Wildman–Crippen MR) is 71.3 cm³/mol. The van der Waals surface area contributed by atoms with Gasteiger partial charge < -0.3 is 10.6 Å². The lowest BCUT2D eigenvalue weighted by Crippen LogP contribution is -2.33. The van der Waals surface area contributed by atoms with Crippen LogP contribution < -0.4 is 10.6 Å². The maximum Gasteiger partial charge on any atom is 0.221 e. The van der Waals surface area contributed by atoms with E-state index in [2.05, 4.69) is 10.6 Å². The summed E-state index contributed by atoms with van der Waals surface area (Å²) in [5, 5.41) is 6.37. The molecule has 0 spiro atoms. The quantitative estimate of drug-likeness (QED) is 0.870. The van der Waals surface area contributed by atoms with Crippen LogP contribution in [0, 0.1) is 5.82 Å². The summed E-state index contributed by atoms with van der Waals surface area (Å²) in [5.74, 6) is 0.198. The number of amides is 1. The summed E-state index contributed by atoms with van der Waals surface area (Å²) in [6.45, 7) is 1.02. The van der Waals surface area contributed by atoms with Gasteiger partial charge in [0.1, 0.15) is 5.82 Å². The van der Waals surface area contributed by atoms with Crippen molar-refractivity contribution >= 4 is 5.91 Å². The minimum Gasteiger partial charge on any atom is -0.353 e. The number of rotatable bonds is 4. The van der Waals surface area contributed by atoms with E-state index in [0.29, 0.717) is 12.5 Å². The lowest BCUT2D eigenvalue weighted by atomic mass is 10.1. The largest absolute Gasteiger partial charge is 0.353 e. The molecule has 2 aliphatic rings. The fourth-order valence-electron chi connectivity index (χ4n) is 2.88. The van der Waals surface area contributed by atoms with Crippen LogP contribution in [-0.4, -0.2) is 24.5 Å². The highest BCUT2D eigenvalue weighted by Gasteiger charge is 2.39. The van der Waals surface area contributed by atoms with E-state index in [9.17, 15) is 9.18 Å². The Kier molecular flexibility index (Phi) is 3.51. The Morgan fingerprint density at radius 3 is 3.11 bits per heavy atom. The Bertz CT molecular complexity index is 471. The summed E-state index contributed by atoms with van der Waals surface area (Å²) in [4.78, 5) is 11.9. The van der Waals surface area contributed by atoms with Crippen molar-refractivity contribution in [2.24, 2.45) is 0 Å². The number of nitrogens with one attached hydrogen (secondary N) is 2. The highest BCUT2D eigenvalue weighted by Crippen LogP contribution is 2.40. The molecule has 3 nitrogen and oxygen atoms in total. The lowest BCUT2D eigenvalue weighted by molar-refractivity contribution is -0.121. The van der Waals surface area contributed by atoms with Crippen LogP contribution >= 0.6 is 0 Å². The second-order valence-electron chi connectivity index (χ2n) is 5.57. The van der Waals surface area contributed by atoms with E-state index in [1.165, 1.54) is 6.07 Å². The number of carbonyl (C=O) groups is 1. The third kappa shape index (κ3) is 3.13. The van der Waals surface area contributed by atoms with Crippen LogP contribution in [-0.2, 0) is 4.79 Å². The molecule has 3 rings (SSSR count). The number of halogens is 1. The zero-order valence-corrected chi connectivity index (χ0v) is 10.9. The lowest BCUT2D eigenvalue weighted by Gasteiger charge is -2.10. The Hall–Kier alpha value is -1.42. The van der Waals surface area contributed by atoms with E-state index in [0.717, 1.165) is 31.4 Å². The first-order valence-electron chi connectivity index (χ1n) is 7.00. The van der Waals surface area contributed by atoms with E-state index in [4.69, 9.17) is 0 Å². The molecule has 1 amide bonds. The van der Waals surface area contributed by atoms with E-state index in [1.807, 2.05) is 6.07 Å². The number of hydrogen-bond acceptors (Lipinski definition) is 2. The minimum atomic E-state index is -0.204. The molecule has 3 atom stereocenters. The molecule has 1 saturated carbocycles. The van der Waals surface area contributed by atoms with Gasteiger partial charge in [-0.05, 0) is 43.5 Å². The van der Waals surface area contributed by atoms with Crippen LogP contribution in [0.5, 0.6) is 0 Å². The molecule has 1 aliphatic heterocycles. The number of carbonyl (C=O) groups excluding carboxylic acids is 1. The van der Waals surface area contributed by atoms with Gasteiger partial charge in [0.25, 0.3) is 0 Å². The molecule has 2 N–H and O–H groups in total. The Balaban J connectivity index is 1.48. The third-order valence-electron chi connectivity index (χ3n) is 4.01. The molecule has 0 aromatic heterocycles. The monoisotopic (exact) mass is 262 g/mol. The first-order chi connectivity index (χ1) is 9.22. The van der Waals surface area contributed by atoms with Gasteiger partial charge in [-0.1, -0.05) is 12.1 Å². The van der Waals surface area contributed by atoms with Gasteiger partial charge in [0.2, 0.25) is 5.91 Å². The standard InChI is InChI=1S/C15H19FN2O/c16-11-4-1-3-10(7-11)13-9-14(13)18-15(19)8-12-5-2-6-17-12/h1,3-4,7,12-14,17H,2,5-6,8-9H2,(H,18,19). The van der Waals surface area contributed by atoms with Crippen LogP contribution in [0.3, 0.4) is 0 Å². The second kappa shape index (κ2) is 5.29. The van der Waals surface area contributed by atoms with Crippen molar-refractivity contribution in [1.29, 1.82) is 0 Å². The zero-order valence-electron chi connectivity index (χ0n) is 10.9. The molecule has 1 saturated heterocycles. The van der Waals surface area contributed by atoms with Gasteiger partial charge in [-0.25, -0.2) is 4.39 Å². The van der Waals surface area contributed by atoms with Crippen molar-refractivity contribution < 1.29 is 9.18 Å². The molecule has 1 aromatic rings. The van der Waals surface area contributed by atoms with Crippen LogP contribution in [0.4, 0.5) is 4.39 Å². The normalized spacial score (nSPS) is 29.2. The van der Waals surface area contributed by atoms with Crippen molar-refractivity contribution in [3.05, 3.63) is 35.6 Å². The van der Waals surface area contributed by atoms with Gasteiger partial charge in [0, 0.05) is 24.4 Å². The van der Waals surface area contributed by atoms with Crippen molar-refractivity contribution in [2.45, 2.75) is 43.7 Å². The highest BCUT2D eigenvalue weighted by atomic mass is 19.1. The van der Waals surface area contributed by atoms with Crippen molar-refractivity contribution in [3.63, 3.8) is 0 Å². The molecule has 1 heterocycles. The molecule has 1 aliphatic carbocycles. The topological polar surface area (TPSA) is 41.1 Å². The van der Waals surface area contributed by atoms with Crippen LogP contribution in [0.15, 0.2) is 24.3 Å². The van der Waals surface area contributed by atoms with Crippen molar-refractivity contribution in [3.8, 4) is 0 Å².